The van der Waals surface area contributed by atoms with E-state index in [4.69, 9.17) is 5.73 Å². The molecule has 1 amide bonds. The number of amides is 1. The summed E-state index contributed by atoms with van der Waals surface area (Å²) in [5, 5.41) is 12.6. The SMILES string of the molecule is Cc1ccc(Cc2nnc(NC(=O)C[C@@H]3CCC[C@H]3N)s2)cc1. The number of nitrogens with zero attached hydrogens (tertiary/aromatic N) is 2. The number of benzene rings is 1. The van der Waals surface area contributed by atoms with Crippen molar-refractivity contribution < 1.29 is 4.79 Å². The van der Waals surface area contributed by atoms with E-state index in [0.29, 0.717) is 17.5 Å². The van der Waals surface area contributed by atoms with E-state index < -0.39 is 0 Å². The van der Waals surface area contributed by atoms with Crippen LogP contribution >= 0.6 is 11.3 Å². The van der Waals surface area contributed by atoms with Crippen LogP contribution < -0.4 is 11.1 Å². The van der Waals surface area contributed by atoms with Crippen molar-refractivity contribution in [3.8, 4) is 0 Å². The van der Waals surface area contributed by atoms with Gasteiger partial charge in [0.25, 0.3) is 0 Å². The zero-order chi connectivity index (χ0) is 16.2. The molecular formula is C17H22N4OS. The maximum atomic E-state index is 12.1. The predicted octanol–water partition coefficient (Wildman–Crippen LogP) is 2.89. The second kappa shape index (κ2) is 7.19. The first-order valence-corrected chi connectivity index (χ1v) is 8.85. The molecule has 122 valence electrons. The highest BCUT2D eigenvalue weighted by atomic mass is 32.1. The maximum absolute atomic E-state index is 12.1. The van der Waals surface area contributed by atoms with Crippen LogP contribution in [0.5, 0.6) is 0 Å². The van der Waals surface area contributed by atoms with Crippen LogP contribution in [0.15, 0.2) is 24.3 Å². The fourth-order valence-corrected chi connectivity index (χ4v) is 3.77. The smallest absolute Gasteiger partial charge is 0.226 e. The lowest BCUT2D eigenvalue weighted by Gasteiger charge is -2.13. The zero-order valence-electron chi connectivity index (χ0n) is 13.3. The number of hydrogen-bond donors (Lipinski definition) is 2. The molecule has 1 saturated carbocycles. The van der Waals surface area contributed by atoms with E-state index in [0.717, 1.165) is 30.7 Å². The molecule has 2 aromatic rings. The molecule has 2 atom stereocenters. The first-order chi connectivity index (χ1) is 11.1. The minimum Gasteiger partial charge on any atom is -0.327 e. The minimum atomic E-state index is -0.00890. The quantitative estimate of drug-likeness (QED) is 0.883. The van der Waals surface area contributed by atoms with Gasteiger partial charge >= 0.3 is 0 Å². The molecule has 6 heteroatoms. The van der Waals surface area contributed by atoms with E-state index in [-0.39, 0.29) is 11.9 Å². The fourth-order valence-electron chi connectivity index (χ4n) is 2.98. The van der Waals surface area contributed by atoms with Crippen LogP contribution in [0.25, 0.3) is 0 Å². The molecule has 1 aliphatic carbocycles. The zero-order valence-corrected chi connectivity index (χ0v) is 14.1. The van der Waals surface area contributed by atoms with E-state index in [1.165, 1.54) is 22.5 Å². The van der Waals surface area contributed by atoms with Gasteiger partial charge in [0.2, 0.25) is 11.0 Å². The lowest BCUT2D eigenvalue weighted by molar-refractivity contribution is -0.117. The van der Waals surface area contributed by atoms with Gasteiger partial charge in [0.15, 0.2) is 0 Å². The van der Waals surface area contributed by atoms with Gasteiger partial charge in [0.1, 0.15) is 5.01 Å². The van der Waals surface area contributed by atoms with E-state index in [2.05, 4.69) is 46.7 Å². The van der Waals surface area contributed by atoms with E-state index in [1.54, 1.807) is 0 Å². The summed E-state index contributed by atoms with van der Waals surface area (Å²) in [6, 6.07) is 8.52. The molecule has 1 heterocycles. The van der Waals surface area contributed by atoms with E-state index >= 15 is 0 Å². The van der Waals surface area contributed by atoms with Gasteiger partial charge in [-0.3, -0.25) is 4.79 Å². The molecule has 0 unspecified atom stereocenters. The molecule has 0 spiro atoms. The number of carbonyl (C=O) groups is 1. The first kappa shape index (κ1) is 16.1. The van der Waals surface area contributed by atoms with Gasteiger partial charge in [-0.15, -0.1) is 10.2 Å². The number of nitrogens with two attached hydrogens (primary N) is 1. The average Bonchev–Trinajstić information content (AvgIpc) is 3.11. The highest BCUT2D eigenvalue weighted by Gasteiger charge is 2.26. The van der Waals surface area contributed by atoms with Crippen LogP contribution in [-0.4, -0.2) is 22.1 Å². The van der Waals surface area contributed by atoms with Gasteiger partial charge in [-0.05, 0) is 31.2 Å². The van der Waals surface area contributed by atoms with Crippen molar-refractivity contribution in [3.05, 3.63) is 40.4 Å². The average molecular weight is 330 g/mol. The molecule has 1 fully saturated rings. The fraction of sp³-hybridized carbons (Fsp3) is 0.471. The highest BCUT2D eigenvalue weighted by Crippen LogP contribution is 2.27. The molecular weight excluding hydrogens is 308 g/mol. The Labute approximate surface area is 140 Å². The van der Waals surface area contributed by atoms with Crippen LogP contribution in [0.2, 0.25) is 0 Å². The number of anilines is 1. The molecule has 0 bridgehead atoms. The van der Waals surface area contributed by atoms with Crippen LogP contribution in [0.3, 0.4) is 0 Å². The molecule has 1 aromatic carbocycles. The Morgan fingerprint density at radius 3 is 2.78 bits per heavy atom. The minimum absolute atomic E-state index is 0.00890. The first-order valence-electron chi connectivity index (χ1n) is 8.03. The highest BCUT2D eigenvalue weighted by molar-refractivity contribution is 7.15. The largest absolute Gasteiger partial charge is 0.327 e. The second-order valence-corrected chi connectivity index (χ2v) is 7.33. The standard InChI is InChI=1S/C17H22N4OS/c1-11-5-7-12(8-6-11)9-16-20-21-17(23-16)19-15(22)10-13-3-2-4-14(13)18/h5-8,13-14H,2-4,9-10,18H2,1H3,(H,19,21,22)/t13-,14+/m0/s1. The molecule has 3 N–H and O–H groups in total. The molecule has 0 saturated heterocycles. The number of nitrogens with one attached hydrogen (secondary N) is 1. The third-order valence-electron chi connectivity index (χ3n) is 4.35. The molecule has 0 aliphatic heterocycles. The number of rotatable bonds is 5. The summed E-state index contributed by atoms with van der Waals surface area (Å²) < 4.78 is 0. The van der Waals surface area contributed by atoms with Crippen molar-refractivity contribution in [1.29, 1.82) is 0 Å². The maximum Gasteiger partial charge on any atom is 0.226 e. The molecule has 23 heavy (non-hydrogen) atoms. The Balaban J connectivity index is 1.54. The molecule has 5 nitrogen and oxygen atoms in total. The van der Waals surface area contributed by atoms with E-state index in [9.17, 15) is 4.79 Å². The number of carbonyl (C=O) groups excluding carboxylic acids is 1. The summed E-state index contributed by atoms with van der Waals surface area (Å²) in [7, 11) is 0. The Bertz CT molecular complexity index is 667. The number of aromatic nitrogens is 2. The van der Waals surface area contributed by atoms with Crippen molar-refractivity contribution >= 4 is 22.4 Å². The van der Waals surface area contributed by atoms with Gasteiger partial charge in [0, 0.05) is 18.9 Å². The van der Waals surface area contributed by atoms with Gasteiger partial charge in [0.05, 0.1) is 0 Å². The third kappa shape index (κ3) is 4.36. The van der Waals surface area contributed by atoms with Crippen molar-refractivity contribution in [2.75, 3.05) is 5.32 Å². The number of hydrogen-bond acceptors (Lipinski definition) is 5. The van der Waals surface area contributed by atoms with Crippen molar-refractivity contribution in [2.24, 2.45) is 11.7 Å². The van der Waals surface area contributed by atoms with Crippen molar-refractivity contribution in [2.45, 2.75) is 45.1 Å². The second-order valence-electron chi connectivity index (χ2n) is 6.27. The van der Waals surface area contributed by atoms with Crippen molar-refractivity contribution in [3.63, 3.8) is 0 Å². The topological polar surface area (TPSA) is 80.9 Å². The number of aryl methyl sites for hydroxylation is 1. The Kier molecular flexibility index (Phi) is 5.03. The Morgan fingerprint density at radius 2 is 2.09 bits per heavy atom. The van der Waals surface area contributed by atoms with Gasteiger partial charge < -0.3 is 11.1 Å². The molecule has 0 radical (unpaired) electrons. The van der Waals surface area contributed by atoms with Gasteiger partial charge in [-0.25, -0.2) is 0 Å². The summed E-state index contributed by atoms with van der Waals surface area (Å²) in [6.45, 7) is 2.07. The van der Waals surface area contributed by atoms with Crippen molar-refractivity contribution in [1.82, 2.24) is 10.2 Å². The third-order valence-corrected chi connectivity index (χ3v) is 5.19. The van der Waals surface area contributed by atoms with Crippen LogP contribution in [-0.2, 0) is 11.2 Å². The Hall–Kier alpha value is -1.79. The summed E-state index contributed by atoms with van der Waals surface area (Å²) in [5.41, 5.74) is 8.45. The Morgan fingerprint density at radius 1 is 1.30 bits per heavy atom. The van der Waals surface area contributed by atoms with Gasteiger partial charge in [-0.1, -0.05) is 47.6 Å². The monoisotopic (exact) mass is 330 g/mol. The van der Waals surface area contributed by atoms with Gasteiger partial charge in [-0.2, -0.15) is 0 Å². The summed E-state index contributed by atoms with van der Waals surface area (Å²) in [6.07, 6.45) is 4.41. The summed E-state index contributed by atoms with van der Waals surface area (Å²) >= 11 is 1.43. The normalized spacial score (nSPS) is 20.6. The molecule has 1 aromatic heterocycles. The molecule has 3 rings (SSSR count). The van der Waals surface area contributed by atoms with E-state index in [1.807, 2.05) is 0 Å². The van der Waals surface area contributed by atoms with Crippen LogP contribution in [0, 0.1) is 12.8 Å². The lowest BCUT2D eigenvalue weighted by atomic mass is 10.00. The summed E-state index contributed by atoms with van der Waals surface area (Å²) in [4.78, 5) is 12.1. The summed E-state index contributed by atoms with van der Waals surface area (Å²) in [5.74, 6) is 0.292. The lowest BCUT2D eigenvalue weighted by Crippen LogP contribution is -2.28. The molecule has 1 aliphatic rings. The predicted molar refractivity (Wildman–Crippen MR) is 92.5 cm³/mol. The van der Waals surface area contributed by atoms with Crippen LogP contribution in [0.1, 0.15) is 41.8 Å². The van der Waals surface area contributed by atoms with Crippen LogP contribution in [0.4, 0.5) is 5.13 Å².